The first-order valence-corrected chi connectivity index (χ1v) is 5.17. The third-order valence-electron chi connectivity index (χ3n) is 2.16. The van der Waals surface area contributed by atoms with Crippen LogP contribution < -0.4 is 5.32 Å². The van der Waals surface area contributed by atoms with Crippen molar-refractivity contribution in [2.45, 2.75) is 33.2 Å². The van der Waals surface area contributed by atoms with Gasteiger partial charge in [-0.1, -0.05) is 6.92 Å². The molecule has 3 heteroatoms. The summed E-state index contributed by atoms with van der Waals surface area (Å²) in [5, 5.41) is 2.84. The van der Waals surface area contributed by atoms with Gasteiger partial charge >= 0.3 is 0 Å². The highest BCUT2D eigenvalue weighted by atomic mass is 16.3. The molecule has 1 rings (SSSR count). The Balaban J connectivity index is 2.47. The van der Waals surface area contributed by atoms with E-state index in [9.17, 15) is 4.79 Å². The Morgan fingerprint density at radius 2 is 2.33 bits per heavy atom. The van der Waals surface area contributed by atoms with Crippen LogP contribution >= 0.6 is 0 Å². The van der Waals surface area contributed by atoms with E-state index in [0.29, 0.717) is 5.76 Å². The second kappa shape index (κ2) is 5.39. The Bertz CT molecular complexity index is 352. The quantitative estimate of drug-likeness (QED) is 0.771. The molecular weight excluding hydrogens is 190 g/mol. The van der Waals surface area contributed by atoms with Crippen LogP contribution in [0.15, 0.2) is 22.6 Å². The lowest BCUT2D eigenvalue weighted by molar-refractivity contribution is -0.117. The molecule has 0 aromatic carbocycles. The fraction of sp³-hybridized carbons (Fsp3) is 0.417. The number of carbonyl (C=O) groups is 1. The van der Waals surface area contributed by atoms with Crippen LogP contribution in [0.3, 0.4) is 0 Å². The predicted molar refractivity (Wildman–Crippen MR) is 60.4 cm³/mol. The molecule has 82 valence electrons. The van der Waals surface area contributed by atoms with E-state index in [1.807, 2.05) is 32.9 Å². The van der Waals surface area contributed by atoms with Gasteiger partial charge < -0.3 is 9.73 Å². The Labute approximate surface area is 90.2 Å². The molecule has 0 aliphatic rings. The largest absolute Gasteiger partial charge is 0.462 e. The molecular formula is C12H17NO2. The standard InChI is InChI=1S/C12H17NO2/c1-4-9(2)13-12(14)8-7-11-6-5-10(3)15-11/h5-9H,4H2,1-3H3,(H,13,14)/b8-7-/t9-/m1/s1. The van der Waals surface area contributed by atoms with Gasteiger partial charge in [-0.25, -0.2) is 0 Å². The zero-order valence-corrected chi connectivity index (χ0v) is 9.41. The molecule has 0 radical (unpaired) electrons. The van der Waals surface area contributed by atoms with Crippen molar-refractivity contribution in [1.82, 2.24) is 5.32 Å². The molecule has 0 saturated carbocycles. The van der Waals surface area contributed by atoms with Gasteiger partial charge in [0.15, 0.2) is 0 Å². The van der Waals surface area contributed by atoms with E-state index in [4.69, 9.17) is 4.42 Å². The van der Waals surface area contributed by atoms with E-state index < -0.39 is 0 Å². The fourth-order valence-electron chi connectivity index (χ4n) is 1.09. The van der Waals surface area contributed by atoms with Gasteiger partial charge in [-0.05, 0) is 38.5 Å². The molecule has 1 amide bonds. The Morgan fingerprint density at radius 1 is 1.60 bits per heavy atom. The van der Waals surface area contributed by atoms with Crippen molar-refractivity contribution in [1.29, 1.82) is 0 Å². The lowest BCUT2D eigenvalue weighted by atomic mass is 10.2. The highest BCUT2D eigenvalue weighted by Gasteiger charge is 2.01. The normalized spacial score (nSPS) is 13.0. The SMILES string of the molecule is CC[C@@H](C)NC(=O)/C=C\c1ccc(C)o1. The van der Waals surface area contributed by atoms with Crippen LogP contribution in [0.1, 0.15) is 31.8 Å². The Kier molecular flexibility index (Phi) is 4.16. The summed E-state index contributed by atoms with van der Waals surface area (Å²) in [6.07, 6.45) is 4.09. The van der Waals surface area contributed by atoms with E-state index in [0.717, 1.165) is 12.2 Å². The first-order chi connectivity index (χ1) is 7.11. The van der Waals surface area contributed by atoms with Crippen LogP contribution in [0.5, 0.6) is 0 Å². The van der Waals surface area contributed by atoms with E-state index in [1.165, 1.54) is 6.08 Å². The maximum Gasteiger partial charge on any atom is 0.244 e. The number of aryl methyl sites for hydroxylation is 1. The van der Waals surface area contributed by atoms with Crippen molar-refractivity contribution in [2.24, 2.45) is 0 Å². The highest BCUT2D eigenvalue weighted by Crippen LogP contribution is 2.07. The number of nitrogens with one attached hydrogen (secondary N) is 1. The van der Waals surface area contributed by atoms with Gasteiger partial charge in [0, 0.05) is 12.1 Å². The van der Waals surface area contributed by atoms with Crippen molar-refractivity contribution in [3.8, 4) is 0 Å². The van der Waals surface area contributed by atoms with Crippen LogP contribution in [0.25, 0.3) is 6.08 Å². The molecule has 1 N–H and O–H groups in total. The van der Waals surface area contributed by atoms with Gasteiger partial charge in [0.1, 0.15) is 11.5 Å². The van der Waals surface area contributed by atoms with Gasteiger partial charge in [-0.2, -0.15) is 0 Å². The number of furan rings is 1. The number of rotatable bonds is 4. The van der Waals surface area contributed by atoms with Crippen LogP contribution in [0.2, 0.25) is 0 Å². The minimum absolute atomic E-state index is 0.0848. The zero-order valence-electron chi connectivity index (χ0n) is 9.41. The summed E-state index contributed by atoms with van der Waals surface area (Å²) in [5.74, 6) is 1.46. The first-order valence-electron chi connectivity index (χ1n) is 5.17. The summed E-state index contributed by atoms with van der Waals surface area (Å²) in [6.45, 7) is 5.88. The number of carbonyl (C=O) groups excluding carboxylic acids is 1. The summed E-state index contributed by atoms with van der Waals surface area (Å²) >= 11 is 0. The highest BCUT2D eigenvalue weighted by molar-refractivity contribution is 5.91. The molecule has 0 unspecified atom stereocenters. The third kappa shape index (κ3) is 4.02. The molecule has 1 atom stereocenters. The van der Waals surface area contributed by atoms with E-state index in [1.54, 1.807) is 6.08 Å². The second-order valence-corrected chi connectivity index (χ2v) is 3.60. The van der Waals surface area contributed by atoms with E-state index >= 15 is 0 Å². The summed E-state index contributed by atoms with van der Waals surface area (Å²) < 4.78 is 5.30. The topological polar surface area (TPSA) is 42.2 Å². The Hall–Kier alpha value is -1.51. The van der Waals surface area contributed by atoms with Gasteiger partial charge in [-0.3, -0.25) is 4.79 Å². The van der Waals surface area contributed by atoms with Crippen molar-refractivity contribution < 1.29 is 9.21 Å². The summed E-state index contributed by atoms with van der Waals surface area (Å²) in [6, 6.07) is 3.91. The molecule has 15 heavy (non-hydrogen) atoms. The summed E-state index contributed by atoms with van der Waals surface area (Å²) in [7, 11) is 0. The smallest absolute Gasteiger partial charge is 0.244 e. The number of hydrogen-bond acceptors (Lipinski definition) is 2. The molecule has 1 aromatic heterocycles. The minimum Gasteiger partial charge on any atom is -0.462 e. The molecule has 0 aliphatic carbocycles. The van der Waals surface area contributed by atoms with Gasteiger partial charge in [0.05, 0.1) is 0 Å². The van der Waals surface area contributed by atoms with Gasteiger partial charge in [-0.15, -0.1) is 0 Å². The van der Waals surface area contributed by atoms with Crippen molar-refractivity contribution in [2.75, 3.05) is 0 Å². The van der Waals surface area contributed by atoms with E-state index in [-0.39, 0.29) is 11.9 Å². The van der Waals surface area contributed by atoms with Crippen LogP contribution in [-0.4, -0.2) is 11.9 Å². The van der Waals surface area contributed by atoms with Crippen molar-refractivity contribution in [3.05, 3.63) is 29.7 Å². The molecule has 0 spiro atoms. The van der Waals surface area contributed by atoms with Crippen LogP contribution in [0.4, 0.5) is 0 Å². The Morgan fingerprint density at radius 3 is 2.87 bits per heavy atom. The summed E-state index contributed by atoms with van der Waals surface area (Å²) in [4.78, 5) is 11.4. The monoisotopic (exact) mass is 207 g/mol. The summed E-state index contributed by atoms with van der Waals surface area (Å²) in [5.41, 5.74) is 0. The minimum atomic E-state index is -0.0848. The third-order valence-corrected chi connectivity index (χ3v) is 2.16. The maximum absolute atomic E-state index is 11.4. The number of amides is 1. The molecule has 0 aliphatic heterocycles. The van der Waals surface area contributed by atoms with Gasteiger partial charge in [0.2, 0.25) is 5.91 Å². The predicted octanol–water partition coefficient (Wildman–Crippen LogP) is 2.52. The molecule has 3 nitrogen and oxygen atoms in total. The van der Waals surface area contributed by atoms with Crippen LogP contribution in [-0.2, 0) is 4.79 Å². The van der Waals surface area contributed by atoms with Crippen LogP contribution in [0, 0.1) is 6.92 Å². The van der Waals surface area contributed by atoms with Crippen molar-refractivity contribution >= 4 is 12.0 Å². The molecule has 0 fully saturated rings. The number of hydrogen-bond donors (Lipinski definition) is 1. The maximum atomic E-state index is 11.4. The fourth-order valence-corrected chi connectivity index (χ4v) is 1.09. The average Bonchev–Trinajstić information content (AvgIpc) is 2.61. The molecule has 1 heterocycles. The molecule has 0 saturated heterocycles. The second-order valence-electron chi connectivity index (χ2n) is 3.60. The lowest BCUT2D eigenvalue weighted by Crippen LogP contribution is -2.30. The lowest BCUT2D eigenvalue weighted by Gasteiger charge is -2.08. The first kappa shape index (κ1) is 11.6. The van der Waals surface area contributed by atoms with Gasteiger partial charge in [0.25, 0.3) is 0 Å². The van der Waals surface area contributed by atoms with Crippen molar-refractivity contribution in [3.63, 3.8) is 0 Å². The molecule has 0 bridgehead atoms. The average molecular weight is 207 g/mol. The zero-order chi connectivity index (χ0) is 11.3. The molecule has 1 aromatic rings. The van der Waals surface area contributed by atoms with E-state index in [2.05, 4.69) is 5.32 Å².